The van der Waals surface area contributed by atoms with Crippen LogP contribution in [0.5, 0.6) is 0 Å². The van der Waals surface area contributed by atoms with Crippen LogP contribution in [0.3, 0.4) is 0 Å². The van der Waals surface area contributed by atoms with Crippen LogP contribution >= 0.6 is 23.5 Å². The smallest absolute Gasteiger partial charge is 0.128 e. The zero-order valence-electron chi connectivity index (χ0n) is 35.6. The third-order valence-electron chi connectivity index (χ3n) is 12.0. The predicted molar refractivity (Wildman–Crippen MR) is 254 cm³/mol. The number of nitrogens with one attached hydrogen (secondary N) is 1. The molecule has 5 aromatic rings. The summed E-state index contributed by atoms with van der Waals surface area (Å²) in [6.45, 7) is 21.7. The zero-order chi connectivity index (χ0) is 41.1. The number of hydrogen-bond acceptors (Lipinski definition) is 11. The Morgan fingerprint density at radius 3 is 1.52 bits per heavy atom. The molecule has 2 saturated heterocycles. The molecule has 0 radical (unpaired) electrons. The Kier molecular flexibility index (Phi) is 15.0. The Morgan fingerprint density at radius 1 is 0.517 bits per heavy atom. The van der Waals surface area contributed by atoms with E-state index in [4.69, 9.17) is 5.73 Å². The second-order valence-corrected chi connectivity index (χ2v) is 18.5. The van der Waals surface area contributed by atoms with Crippen molar-refractivity contribution in [3.63, 3.8) is 0 Å². The molecular formula is C49H63N9S2. The SMILES string of the molecule is Cc1ccc2c(c1)N(CCCN1CCN(CCNCCN)CC1)c1ccccc1S2.Cc1ccc2c(c1)N(CCCN1CCN(c3ccccn3)CC1)c1ccccc1S2. The van der Waals surface area contributed by atoms with Gasteiger partial charge in [0.15, 0.2) is 0 Å². The van der Waals surface area contributed by atoms with Crippen LogP contribution in [0.1, 0.15) is 24.0 Å². The average molecular weight is 842 g/mol. The van der Waals surface area contributed by atoms with Crippen molar-refractivity contribution in [3.8, 4) is 0 Å². The molecule has 0 bridgehead atoms. The molecule has 0 unspecified atom stereocenters. The van der Waals surface area contributed by atoms with Crippen LogP contribution < -0.4 is 25.8 Å². The molecule has 2 fully saturated rings. The molecule has 9 nitrogen and oxygen atoms in total. The summed E-state index contributed by atoms with van der Waals surface area (Å²) in [6.07, 6.45) is 4.23. The lowest BCUT2D eigenvalue weighted by Crippen LogP contribution is -2.48. The highest BCUT2D eigenvalue weighted by molar-refractivity contribution is 8.00. The number of aryl methyl sites for hydroxylation is 2. The van der Waals surface area contributed by atoms with Crippen molar-refractivity contribution in [1.82, 2.24) is 25.0 Å². The van der Waals surface area contributed by atoms with Gasteiger partial charge in [0.2, 0.25) is 0 Å². The molecule has 3 N–H and O–H groups in total. The molecule has 0 amide bonds. The maximum absolute atomic E-state index is 5.54. The van der Waals surface area contributed by atoms with Gasteiger partial charge in [-0.15, -0.1) is 0 Å². The fourth-order valence-electron chi connectivity index (χ4n) is 8.71. The molecule has 11 heteroatoms. The van der Waals surface area contributed by atoms with E-state index in [1.54, 1.807) is 0 Å². The molecule has 0 spiro atoms. The largest absolute Gasteiger partial charge is 0.354 e. The van der Waals surface area contributed by atoms with E-state index in [0.717, 1.165) is 84.2 Å². The second kappa shape index (κ2) is 21.1. The first-order valence-electron chi connectivity index (χ1n) is 22.1. The lowest BCUT2D eigenvalue weighted by molar-refractivity contribution is 0.132. The minimum atomic E-state index is 0.720. The van der Waals surface area contributed by atoms with Gasteiger partial charge in [-0.2, -0.15) is 0 Å². The third-order valence-corrected chi connectivity index (χ3v) is 14.3. The summed E-state index contributed by atoms with van der Waals surface area (Å²) < 4.78 is 0. The number of aromatic nitrogens is 1. The van der Waals surface area contributed by atoms with Gasteiger partial charge in [-0.25, -0.2) is 4.98 Å². The number of pyridine rings is 1. The first-order valence-corrected chi connectivity index (χ1v) is 23.7. The minimum absolute atomic E-state index is 0.720. The van der Waals surface area contributed by atoms with E-state index in [-0.39, 0.29) is 0 Å². The van der Waals surface area contributed by atoms with E-state index in [2.05, 4.69) is 151 Å². The van der Waals surface area contributed by atoms with Crippen LogP contribution in [0.2, 0.25) is 0 Å². The Labute approximate surface area is 367 Å². The first-order chi connectivity index (χ1) is 29.5. The van der Waals surface area contributed by atoms with Gasteiger partial charge in [0.1, 0.15) is 5.82 Å². The molecule has 0 saturated carbocycles. The number of hydrogen-bond donors (Lipinski definition) is 2. The van der Waals surface area contributed by atoms with Crippen molar-refractivity contribution in [2.75, 3.05) is 119 Å². The van der Waals surface area contributed by atoms with Gasteiger partial charge in [-0.3, -0.25) is 9.80 Å². The Bertz CT molecular complexity index is 2120. The van der Waals surface area contributed by atoms with E-state index < -0.39 is 0 Å². The van der Waals surface area contributed by atoms with E-state index in [1.807, 2.05) is 35.8 Å². The quantitative estimate of drug-likeness (QED) is 0.106. The maximum Gasteiger partial charge on any atom is 0.128 e. The van der Waals surface area contributed by atoms with Crippen molar-refractivity contribution < 1.29 is 0 Å². The maximum atomic E-state index is 5.54. The predicted octanol–water partition coefficient (Wildman–Crippen LogP) is 8.36. The highest BCUT2D eigenvalue weighted by Gasteiger charge is 2.26. The number of anilines is 5. The number of nitrogens with two attached hydrogens (primary N) is 1. The summed E-state index contributed by atoms with van der Waals surface area (Å²) in [5.74, 6) is 1.10. The fourth-order valence-corrected chi connectivity index (χ4v) is 10.9. The van der Waals surface area contributed by atoms with Crippen LogP contribution in [0.4, 0.5) is 28.6 Å². The summed E-state index contributed by atoms with van der Waals surface area (Å²) >= 11 is 3.79. The number of para-hydroxylation sites is 2. The summed E-state index contributed by atoms with van der Waals surface area (Å²) in [7, 11) is 0. The molecule has 4 aliphatic heterocycles. The lowest BCUT2D eigenvalue weighted by atomic mass is 10.1. The summed E-state index contributed by atoms with van der Waals surface area (Å²) in [5.41, 5.74) is 13.6. The number of benzene rings is 4. The number of fused-ring (bicyclic) bond motifs is 4. The normalized spacial score (nSPS) is 16.7. The van der Waals surface area contributed by atoms with Gasteiger partial charge in [0.25, 0.3) is 0 Å². The van der Waals surface area contributed by atoms with Crippen molar-refractivity contribution in [1.29, 1.82) is 0 Å². The van der Waals surface area contributed by atoms with Crippen LogP contribution in [0.25, 0.3) is 0 Å². The highest BCUT2D eigenvalue weighted by Crippen LogP contribution is 2.49. The van der Waals surface area contributed by atoms with E-state index >= 15 is 0 Å². The number of rotatable bonds is 14. The van der Waals surface area contributed by atoms with Gasteiger partial charge in [0, 0.05) is 117 Å². The summed E-state index contributed by atoms with van der Waals surface area (Å²) in [6, 6.07) is 37.5. The van der Waals surface area contributed by atoms with Gasteiger partial charge < -0.3 is 30.7 Å². The molecule has 5 heterocycles. The van der Waals surface area contributed by atoms with Crippen molar-refractivity contribution in [3.05, 3.63) is 120 Å². The molecule has 4 aliphatic rings. The lowest BCUT2D eigenvalue weighted by Gasteiger charge is -2.36. The first kappa shape index (κ1) is 42.6. The molecule has 0 aliphatic carbocycles. The molecule has 0 atom stereocenters. The molecule has 9 rings (SSSR count). The molecule has 60 heavy (non-hydrogen) atoms. The van der Waals surface area contributed by atoms with Crippen LogP contribution in [-0.4, -0.2) is 124 Å². The molecule has 4 aromatic carbocycles. The third kappa shape index (κ3) is 10.9. The summed E-state index contributed by atoms with van der Waals surface area (Å²) in [5, 5.41) is 3.40. The summed E-state index contributed by atoms with van der Waals surface area (Å²) in [4.78, 5) is 25.2. The van der Waals surface area contributed by atoms with Gasteiger partial charge >= 0.3 is 0 Å². The standard InChI is InChI=1S/C25H28N4S.C24H35N5S/c1-20-10-11-24-22(19-20)29(21-7-2-3-8-23(21)30-24)14-6-13-27-15-17-28(18-16-27)25-9-4-5-12-26-25;1-20-7-8-24-22(19-20)29(21-5-2-3-6-23(21)30-24)13-4-12-27-15-17-28(18-16-27)14-11-26-10-9-25/h2-5,7-12,19H,6,13-18H2,1H3;2-3,5-8,19,26H,4,9-18,25H2,1H3. The van der Waals surface area contributed by atoms with Crippen molar-refractivity contribution >= 4 is 52.1 Å². The number of nitrogens with zero attached hydrogens (tertiary/aromatic N) is 7. The Morgan fingerprint density at radius 2 is 1.00 bits per heavy atom. The van der Waals surface area contributed by atoms with Crippen LogP contribution in [0.15, 0.2) is 129 Å². The zero-order valence-corrected chi connectivity index (χ0v) is 37.3. The van der Waals surface area contributed by atoms with Gasteiger partial charge in [-0.05, 0) is 112 Å². The average Bonchev–Trinajstić information content (AvgIpc) is 3.29. The van der Waals surface area contributed by atoms with Gasteiger partial charge in [0.05, 0.1) is 22.7 Å². The van der Waals surface area contributed by atoms with Gasteiger partial charge in [-0.1, -0.05) is 66.0 Å². The Hall–Kier alpha value is -4.07. The molecule has 1 aromatic heterocycles. The van der Waals surface area contributed by atoms with E-state index in [1.165, 1.54) is 92.6 Å². The van der Waals surface area contributed by atoms with Crippen LogP contribution in [0, 0.1) is 13.8 Å². The van der Waals surface area contributed by atoms with E-state index in [9.17, 15) is 0 Å². The number of piperazine rings is 2. The minimum Gasteiger partial charge on any atom is -0.354 e. The molecule has 316 valence electrons. The van der Waals surface area contributed by atoms with Crippen molar-refractivity contribution in [2.45, 2.75) is 46.3 Å². The fraction of sp³-hybridized carbons (Fsp3) is 0.408. The van der Waals surface area contributed by atoms with E-state index in [0.29, 0.717) is 0 Å². The topological polar surface area (TPSA) is 70.4 Å². The second-order valence-electron chi connectivity index (χ2n) is 16.3. The van der Waals surface area contributed by atoms with Crippen LogP contribution in [-0.2, 0) is 0 Å². The van der Waals surface area contributed by atoms with Crippen molar-refractivity contribution in [2.24, 2.45) is 5.73 Å². The monoisotopic (exact) mass is 841 g/mol. The molecular weight excluding hydrogens is 779 g/mol. The highest BCUT2D eigenvalue weighted by atomic mass is 32.2. The Balaban J connectivity index is 0.000000166.